The Morgan fingerprint density at radius 1 is 1.28 bits per heavy atom. The molecule has 2 nitrogen and oxygen atoms in total. The number of rotatable bonds is 1. The van der Waals surface area contributed by atoms with E-state index in [4.69, 9.17) is 0 Å². The fraction of sp³-hybridized carbons (Fsp3) is 0.250. The first-order valence-corrected chi connectivity index (χ1v) is 6.28. The van der Waals surface area contributed by atoms with E-state index < -0.39 is 11.9 Å². The number of fused-ring (bicyclic) bond motifs is 1. The molecule has 0 atom stereocenters. The number of hydrogen-bond donors (Lipinski definition) is 1. The van der Waals surface area contributed by atoms with Crippen LogP contribution in [0.15, 0.2) is 18.2 Å². The molecule has 18 heavy (non-hydrogen) atoms. The van der Waals surface area contributed by atoms with Crippen molar-refractivity contribution in [1.29, 1.82) is 0 Å². The minimum absolute atomic E-state index is 0.125. The smallest absolute Gasteiger partial charge is 0.387 e. The minimum Gasteiger partial charge on any atom is -0.387 e. The van der Waals surface area contributed by atoms with E-state index in [1.54, 1.807) is 25.2 Å². The molecule has 6 heteroatoms. The van der Waals surface area contributed by atoms with Crippen LogP contribution in [0.5, 0.6) is 0 Å². The first-order valence-electron chi connectivity index (χ1n) is 5.20. The van der Waals surface area contributed by atoms with E-state index in [0.717, 1.165) is 0 Å². The Kier molecular flexibility index (Phi) is 3.39. The van der Waals surface area contributed by atoms with Gasteiger partial charge < -0.3 is 5.32 Å². The van der Waals surface area contributed by atoms with E-state index in [9.17, 15) is 13.2 Å². The zero-order valence-corrected chi connectivity index (χ0v) is 11.8. The van der Waals surface area contributed by atoms with E-state index in [2.05, 4.69) is 10.3 Å². The van der Waals surface area contributed by atoms with Gasteiger partial charge in [0, 0.05) is 27.3 Å². The van der Waals surface area contributed by atoms with Gasteiger partial charge in [-0.1, -0.05) is 12.1 Å². The summed E-state index contributed by atoms with van der Waals surface area (Å²) in [5.41, 5.74) is 0.147. The largest absolute Gasteiger partial charge is 0.433 e. The lowest BCUT2D eigenvalue weighted by atomic mass is 10.1. The van der Waals surface area contributed by atoms with E-state index in [1.807, 2.05) is 22.6 Å². The molecule has 1 aromatic carbocycles. The predicted octanol–water partition coefficient (Wildman–Crippen LogP) is 4.21. The second-order valence-electron chi connectivity index (χ2n) is 3.84. The standard InChI is InChI=1S/C12H10F3IN2/c1-6-9(17-2)7-4-3-5-8(16)10(7)18-11(6)12(13,14)15/h3-5H,1-2H3,(H,17,18). The highest BCUT2D eigenvalue weighted by molar-refractivity contribution is 14.1. The molecule has 96 valence electrons. The summed E-state index contributed by atoms with van der Waals surface area (Å²) in [6.07, 6.45) is -4.44. The van der Waals surface area contributed by atoms with Crippen molar-refractivity contribution in [3.63, 3.8) is 0 Å². The number of anilines is 1. The van der Waals surface area contributed by atoms with Gasteiger partial charge in [-0.05, 0) is 35.6 Å². The number of nitrogens with one attached hydrogen (secondary N) is 1. The highest BCUT2D eigenvalue weighted by Gasteiger charge is 2.36. The molecular weight excluding hydrogens is 356 g/mol. The highest BCUT2D eigenvalue weighted by Crippen LogP contribution is 2.37. The van der Waals surface area contributed by atoms with Gasteiger partial charge >= 0.3 is 6.18 Å². The molecule has 0 aliphatic rings. The van der Waals surface area contributed by atoms with Crippen molar-refractivity contribution in [3.05, 3.63) is 33.0 Å². The predicted molar refractivity (Wildman–Crippen MR) is 73.7 cm³/mol. The van der Waals surface area contributed by atoms with E-state index in [0.29, 0.717) is 20.2 Å². The molecule has 0 aliphatic heterocycles. The molecule has 0 aliphatic carbocycles. The van der Waals surface area contributed by atoms with Crippen molar-refractivity contribution < 1.29 is 13.2 Å². The average Bonchev–Trinajstić information content (AvgIpc) is 2.27. The molecule has 0 saturated heterocycles. The number of pyridine rings is 1. The summed E-state index contributed by atoms with van der Waals surface area (Å²) < 4.78 is 39.5. The Bertz CT molecular complexity index is 608. The Labute approximate surface area is 116 Å². The number of alkyl halides is 3. The summed E-state index contributed by atoms with van der Waals surface area (Å²) in [6, 6.07) is 5.31. The lowest BCUT2D eigenvalue weighted by molar-refractivity contribution is -0.141. The lowest BCUT2D eigenvalue weighted by Gasteiger charge is -2.16. The quantitative estimate of drug-likeness (QED) is 0.765. The Balaban J connectivity index is 2.92. The average molecular weight is 366 g/mol. The Morgan fingerprint density at radius 2 is 1.94 bits per heavy atom. The van der Waals surface area contributed by atoms with Gasteiger partial charge in [-0.2, -0.15) is 13.2 Å². The SMILES string of the molecule is CNc1c(C)c(C(F)(F)F)nc2c(I)cccc12. The van der Waals surface area contributed by atoms with Crippen molar-refractivity contribution in [2.45, 2.75) is 13.1 Å². The summed E-state index contributed by atoms with van der Waals surface area (Å²) in [7, 11) is 1.61. The number of halogens is 4. The van der Waals surface area contributed by atoms with Gasteiger partial charge in [0.25, 0.3) is 0 Å². The normalized spacial score (nSPS) is 11.9. The number of hydrogen-bond acceptors (Lipinski definition) is 2. The summed E-state index contributed by atoms with van der Waals surface area (Å²) in [6.45, 7) is 1.43. The third kappa shape index (κ3) is 2.13. The van der Waals surface area contributed by atoms with Crippen molar-refractivity contribution >= 4 is 39.2 Å². The Morgan fingerprint density at radius 3 is 2.50 bits per heavy atom. The molecule has 0 unspecified atom stereocenters. The van der Waals surface area contributed by atoms with E-state index >= 15 is 0 Å². The topological polar surface area (TPSA) is 24.9 Å². The molecule has 0 bridgehead atoms. The van der Waals surface area contributed by atoms with Crippen LogP contribution in [0.2, 0.25) is 0 Å². The molecule has 1 N–H and O–H groups in total. The molecule has 2 rings (SSSR count). The van der Waals surface area contributed by atoms with Gasteiger partial charge in [-0.3, -0.25) is 0 Å². The lowest BCUT2D eigenvalue weighted by Crippen LogP contribution is -2.13. The summed E-state index contributed by atoms with van der Waals surface area (Å²) in [5.74, 6) is 0. The van der Waals surface area contributed by atoms with Crippen LogP contribution in [-0.2, 0) is 6.18 Å². The van der Waals surface area contributed by atoms with Crippen molar-refractivity contribution in [1.82, 2.24) is 4.98 Å². The maximum Gasteiger partial charge on any atom is 0.433 e. The highest BCUT2D eigenvalue weighted by atomic mass is 127. The van der Waals surface area contributed by atoms with Crippen LogP contribution in [0.4, 0.5) is 18.9 Å². The van der Waals surface area contributed by atoms with Crippen LogP contribution in [0.1, 0.15) is 11.3 Å². The molecule has 0 radical (unpaired) electrons. The van der Waals surface area contributed by atoms with Gasteiger partial charge in [0.2, 0.25) is 0 Å². The molecule has 0 spiro atoms. The van der Waals surface area contributed by atoms with Gasteiger partial charge in [-0.15, -0.1) is 0 Å². The van der Waals surface area contributed by atoms with Crippen LogP contribution in [0.3, 0.4) is 0 Å². The Hall–Kier alpha value is -1.05. The van der Waals surface area contributed by atoms with Crippen LogP contribution in [0, 0.1) is 10.5 Å². The zero-order chi connectivity index (χ0) is 13.5. The molecule has 0 fully saturated rings. The van der Waals surface area contributed by atoms with Crippen molar-refractivity contribution in [3.8, 4) is 0 Å². The third-order valence-electron chi connectivity index (χ3n) is 2.73. The number of benzene rings is 1. The van der Waals surface area contributed by atoms with Crippen LogP contribution in [-0.4, -0.2) is 12.0 Å². The van der Waals surface area contributed by atoms with Crippen molar-refractivity contribution in [2.75, 3.05) is 12.4 Å². The first kappa shape index (κ1) is 13.4. The summed E-state index contributed by atoms with van der Waals surface area (Å²) in [4.78, 5) is 3.78. The molecule has 2 aromatic rings. The fourth-order valence-electron chi connectivity index (χ4n) is 1.94. The third-order valence-corrected chi connectivity index (χ3v) is 3.60. The van der Waals surface area contributed by atoms with Gasteiger partial charge in [0.15, 0.2) is 0 Å². The van der Waals surface area contributed by atoms with Crippen LogP contribution < -0.4 is 5.32 Å². The van der Waals surface area contributed by atoms with Crippen LogP contribution in [0.25, 0.3) is 10.9 Å². The van der Waals surface area contributed by atoms with Gasteiger partial charge in [0.05, 0.1) is 5.52 Å². The number of nitrogens with zero attached hydrogens (tertiary/aromatic N) is 1. The van der Waals surface area contributed by atoms with Crippen molar-refractivity contribution in [2.24, 2.45) is 0 Å². The number of para-hydroxylation sites is 1. The monoisotopic (exact) mass is 366 g/mol. The molecule has 1 heterocycles. The van der Waals surface area contributed by atoms with E-state index in [1.165, 1.54) is 6.92 Å². The summed E-state index contributed by atoms with van der Waals surface area (Å²) >= 11 is 1.99. The maximum atomic E-state index is 12.9. The van der Waals surface area contributed by atoms with Gasteiger partial charge in [0.1, 0.15) is 5.69 Å². The first-order chi connectivity index (χ1) is 8.36. The zero-order valence-electron chi connectivity index (χ0n) is 9.69. The molecule has 0 amide bonds. The minimum atomic E-state index is -4.44. The maximum absolute atomic E-state index is 12.9. The van der Waals surface area contributed by atoms with Gasteiger partial charge in [-0.25, -0.2) is 4.98 Å². The van der Waals surface area contributed by atoms with Crippen LogP contribution >= 0.6 is 22.6 Å². The summed E-state index contributed by atoms with van der Waals surface area (Å²) in [5, 5.41) is 3.54. The van der Waals surface area contributed by atoms with E-state index in [-0.39, 0.29) is 5.56 Å². The number of aromatic nitrogens is 1. The molecular formula is C12H10F3IN2. The second kappa shape index (κ2) is 4.56. The fourth-order valence-corrected chi connectivity index (χ4v) is 2.56. The second-order valence-corrected chi connectivity index (χ2v) is 5.01. The molecule has 0 saturated carbocycles. The molecule has 1 aromatic heterocycles.